The number of para-hydroxylation sites is 1. The number of rotatable bonds is 4. The third-order valence-electron chi connectivity index (χ3n) is 5.12. The first-order valence-electron chi connectivity index (χ1n) is 9.86. The second-order valence-electron chi connectivity index (χ2n) is 8.38. The van der Waals surface area contributed by atoms with Crippen molar-refractivity contribution in [2.24, 2.45) is 0 Å². The van der Waals surface area contributed by atoms with E-state index in [2.05, 4.69) is 25.9 Å². The van der Waals surface area contributed by atoms with Gasteiger partial charge in [-0.3, -0.25) is 9.59 Å². The Kier molecular flexibility index (Phi) is 5.87. The highest BCUT2D eigenvalue weighted by Crippen LogP contribution is 2.24. The third kappa shape index (κ3) is 4.61. The number of hydrogen-bond acceptors (Lipinski definition) is 4. The van der Waals surface area contributed by atoms with Crippen molar-refractivity contribution in [3.63, 3.8) is 0 Å². The molecule has 1 aromatic heterocycles. The van der Waals surface area contributed by atoms with Crippen LogP contribution in [0.5, 0.6) is 5.75 Å². The summed E-state index contributed by atoms with van der Waals surface area (Å²) < 4.78 is 7.36. The zero-order chi connectivity index (χ0) is 20.3. The van der Waals surface area contributed by atoms with Gasteiger partial charge in [-0.2, -0.15) is 5.10 Å². The van der Waals surface area contributed by atoms with Gasteiger partial charge in [0.1, 0.15) is 5.75 Å². The highest BCUT2D eigenvalue weighted by molar-refractivity contribution is 5.81. The lowest BCUT2D eigenvalue weighted by molar-refractivity contribution is -0.139. The van der Waals surface area contributed by atoms with Crippen LogP contribution in [0.3, 0.4) is 0 Å². The average Bonchev–Trinajstić information content (AvgIpc) is 2.68. The van der Waals surface area contributed by atoms with Crippen LogP contribution in [0.2, 0.25) is 0 Å². The van der Waals surface area contributed by atoms with Crippen LogP contribution in [-0.4, -0.2) is 39.8 Å². The quantitative estimate of drug-likeness (QED) is 0.813. The molecule has 0 aliphatic carbocycles. The predicted molar refractivity (Wildman–Crippen MR) is 109 cm³/mol. The van der Waals surface area contributed by atoms with Gasteiger partial charge < -0.3 is 9.64 Å². The van der Waals surface area contributed by atoms with Crippen LogP contribution in [0.15, 0.2) is 47.3 Å². The number of aromatic nitrogens is 2. The SMILES string of the molecule is CC(Oc1ccccc1)C(=O)N1CCC(n2nc(C(C)(C)C)ccc2=O)CC1. The van der Waals surface area contributed by atoms with Gasteiger partial charge in [-0.1, -0.05) is 39.0 Å². The monoisotopic (exact) mass is 383 g/mol. The fraction of sp³-hybridized carbons (Fsp3) is 0.500. The molecule has 1 aliphatic rings. The average molecular weight is 383 g/mol. The summed E-state index contributed by atoms with van der Waals surface area (Å²) in [6.45, 7) is 9.22. The number of hydrogen-bond donors (Lipinski definition) is 0. The van der Waals surface area contributed by atoms with Crippen molar-refractivity contribution in [2.75, 3.05) is 13.1 Å². The lowest BCUT2D eigenvalue weighted by atomic mass is 9.92. The van der Waals surface area contributed by atoms with Gasteiger partial charge in [-0.05, 0) is 38.0 Å². The molecule has 6 heteroatoms. The third-order valence-corrected chi connectivity index (χ3v) is 5.12. The van der Waals surface area contributed by atoms with Crippen molar-refractivity contribution in [3.05, 3.63) is 58.5 Å². The molecule has 1 atom stereocenters. The van der Waals surface area contributed by atoms with Gasteiger partial charge in [0, 0.05) is 24.6 Å². The van der Waals surface area contributed by atoms with E-state index in [0.717, 1.165) is 5.69 Å². The summed E-state index contributed by atoms with van der Waals surface area (Å²) in [5.74, 6) is 0.666. The summed E-state index contributed by atoms with van der Waals surface area (Å²) in [6, 6.07) is 12.8. The number of carbonyl (C=O) groups excluding carboxylic acids is 1. The van der Waals surface area contributed by atoms with Crippen LogP contribution in [0, 0.1) is 0 Å². The van der Waals surface area contributed by atoms with Gasteiger partial charge in [0.25, 0.3) is 11.5 Å². The maximum absolute atomic E-state index is 12.7. The van der Waals surface area contributed by atoms with E-state index in [9.17, 15) is 9.59 Å². The van der Waals surface area contributed by atoms with Crippen molar-refractivity contribution in [2.45, 2.75) is 58.1 Å². The smallest absolute Gasteiger partial charge is 0.267 e. The minimum absolute atomic E-state index is 0.0178. The Labute approximate surface area is 166 Å². The molecule has 1 aliphatic heterocycles. The number of amides is 1. The zero-order valence-corrected chi connectivity index (χ0v) is 17.1. The molecule has 0 saturated carbocycles. The highest BCUT2D eigenvalue weighted by atomic mass is 16.5. The lowest BCUT2D eigenvalue weighted by Crippen LogP contribution is -2.46. The zero-order valence-electron chi connectivity index (χ0n) is 17.1. The molecular formula is C22H29N3O3. The number of benzene rings is 1. The van der Waals surface area contributed by atoms with Gasteiger partial charge in [0.2, 0.25) is 0 Å². The lowest BCUT2D eigenvalue weighted by Gasteiger charge is -2.34. The Morgan fingerprint density at radius 2 is 1.75 bits per heavy atom. The van der Waals surface area contributed by atoms with E-state index < -0.39 is 6.10 Å². The van der Waals surface area contributed by atoms with Crippen LogP contribution in [-0.2, 0) is 10.2 Å². The molecule has 28 heavy (non-hydrogen) atoms. The van der Waals surface area contributed by atoms with Gasteiger partial charge in [-0.25, -0.2) is 4.68 Å². The molecule has 0 N–H and O–H groups in total. The molecule has 150 valence electrons. The summed E-state index contributed by atoms with van der Waals surface area (Å²) in [5.41, 5.74) is 0.699. The molecule has 1 fully saturated rings. The Morgan fingerprint density at radius 3 is 2.36 bits per heavy atom. The van der Waals surface area contributed by atoms with Crippen LogP contribution >= 0.6 is 0 Å². The van der Waals surface area contributed by atoms with Crippen molar-refractivity contribution in [3.8, 4) is 5.75 Å². The minimum atomic E-state index is -0.538. The highest BCUT2D eigenvalue weighted by Gasteiger charge is 2.29. The maximum Gasteiger partial charge on any atom is 0.267 e. The molecule has 2 heterocycles. The predicted octanol–water partition coefficient (Wildman–Crippen LogP) is 3.17. The van der Waals surface area contributed by atoms with E-state index in [4.69, 9.17) is 4.74 Å². The molecule has 1 amide bonds. The number of nitrogens with zero attached hydrogens (tertiary/aromatic N) is 3. The number of carbonyl (C=O) groups is 1. The number of likely N-dealkylation sites (tertiary alicyclic amines) is 1. The van der Waals surface area contributed by atoms with Crippen LogP contribution in [0.1, 0.15) is 52.3 Å². The normalized spacial score (nSPS) is 16.6. The fourth-order valence-corrected chi connectivity index (χ4v) is 3.43. The number of piperidine rings is 1. The molecule has 1 unspecified atom stereocenters. The summed E-state index contributed by atoms with van der Waals surface area (Å²) in [5, 5.41) is 4.60. The maximum atomic E-state index is 12.7. The van der Waals surface area contributed by atoms with Crippen molar-refractivity contribution in [1.82, 2.24) is 14.7 Å². The topological polar surface area (TPSA) is 64.4 Å². The van der Waals surface area contributed by atoms with Gasteiger partial charge in [0.05, 0.1) is 11.7 Å². The summed E-state index contributed by atoms with van der Waals surface area (Å²) in [6.07, 6.45) is 0.887. The first kappa shape index (κ1) is 20.1. The van der Waals surface area contributed by atoms with Crippen LogP contribution in [0.25, 0.3) is 0 Å². The number of ether oxygens (including phenoxy) is 1. The molecule has 1 saturated heterocycles. The minimum Gasteiger partial charge on any atom is -0.481 e. The Hall–Kier alpha value is -2.63. The molecule has 2 aromatic rings. The largest absolute Gasteiger partial charge is 0.481 e. The molecule has 3 rings (SSSR count). The summed E-state index contributed by atoms with van der Waals surface area (Å²) in [4.78, 5) is 26.9. The Balaban J connectivity index is 1.63. The van der Waals surface area contributed by atoms with Crippen LogP contribution < -0.4 is 10.3 Å². The Bertz CT molecular complexity index is 863. The first-order valence-corrected chi connectivity index (χ1v) is 9.86. The van der Waals surface area contributed by atoms with Gasteiger partial charge >= 0.3 is 0 Å². The van der Waals surface area contributed by atoms with E-state index in [1.807, 2.05) is 35.2 Å². The second-order valence-corrected chi connectivity index (χ2v) is 8.38. The molecule has 0 spiro atoms. The molecule has 0 radical (unpaired) electrons. The summed E-state index contributed by atoms with van der Waals surface area (Å²) >= 11 is 0. The van der Waals surface area contributed by atoms with E-state index in [-0.39, 0.29) is 22.9 Å². The first-order chi connectivity index (χ1) is 13.3. The molecule has 0 bridgehead atoms. The van der Waals surface area contributed by atoms with Crippen molar-refractivity contribution in [1.29, 1.82) is 0 Å². The van der Waals surface area contributed by atoms with Crippen molar-refractivity contribution < 1.29 is 9.53 Å². The van der Waals surface area contributed by atoms with E-state index >= 15 is 0 Å². The fourth-order valence-electron chi connectivity index (χ4n) is 3.43. The molecular weight excluding hydrogens is 354 g/mol. The second kappa shape index (κ2) is 8.17. The molecule has 6 nitrogen and oxygen atoms in total. The molecule has 1 aromatic carbocycles. The Morgan fingerprint density at radius 1 is 1.11 bits per heavy atom. The van der Waals surface area contributed by atoms with Gasteiger partial charge in [-0.15, -0.1) is 0 Å². The van der Waals surface area contributed by atoms with Gasteiger partial charge in [0.15, 0.2) is 6.10 Å². The van der Waals surface area contributed by atoms with Crippen molar-refractivity contribution >= 4 is 5.91 Å². The van der Waals surface area contributed by atoms with Crippen LogP contribution in [0.4, 0.5) is 0 Å². The van der Waals surface area contributed by atoms with E-state index in [1.165, 1.54) is 0 Å². The van der Waals surface area contributed by atoms with E-state index in [0.29, 0.717) is 31.7 Å². The van der Waals surface area contributed by atoms with E-state index in [1.54, 1.807) is 23.7 Å². The standard InChI is InChI=1S/C22H29N3O3/c1-16(28-18-8-6-5-7-9-18)21(27)24-14-12-17(13-15-24)25-20(26)11-10-19(23-25)22(2,3)4/h5-11,16-17H,12-15H2,1-4H3. The summed E-state index contributed by atoms with van der Waals surface area (Å²) in [7, 11) is 0.